The van der Waals surface area contributed by atoms with E-state index in [-0.39, 0.29) is 11.6 Å². The van der Waals surface area contributed by atoms with Crippen LogP contribution in [0, 0.1) is 5.82 Å². The number of pyridine rings is 2. The summed E-state index contributed by atoms with van der Waals surface area (Å²) in [5.74, 6) is -0.165. The third-order valence-electron chi connectivity index (χ3n) is 5.29. The minimum absolute atomic E-state index is 0.125. The summed E-state index contributed by atoms with van der Waals surface area (Å²) < 4.78 is 54.2. The van der Waals surface area contributed by atoms with Gasteiger partial charge in [-0.2, -0.15) is 13.2 Å². The first-order chi connectivity index (χ1) is 13.3. The number of imidazole rings is 1. The predicted molar refractivity (Wildman–Crippen MR) is 95.0 cm³/mol. The van der Waals surface area contributed by atoms with Crippen molar-refractivity contribution in [1.29, 1.82) is 0 Å². The van der Waals surface area contributed by atoms with Crippen molar-refractivity contribution in [2.75, 3.05) is 13.1 Å². The minimum atomic E-state index is -4.59. The molecule has 0 radical (unpaired) electrons. The molecule has 0 saturated carbocycles. The Kier molecular flexibility index (Phi) is 4.78. The fourth-order valence-electron chi connectivity index (χ4n) is 3.68. The van der Waals surface area contributed by atoms with Crippen molar-refractivity contribution in [3.63, 3.8) is 0 Å². The molecule has 3 aromatic rings. The van der Waals surface area contributed by atoms with Crippen molar-refractivity contribution in [1.82, 2.24) is 24.4 Å². The molecule has 0 bridgehead atoms. The first-order valence-corrected chi connectivity index (χ1v) is 9.04. The molecule has 3 aromatic heterocycles. The van der Waals surface area contributed by atoms with Crippen molar-refractivity contribution < 1.29 is 17.6 Å². The smallest absolute Gasteiger partial charge is 0.329 e. The molecule has 0 amide bonds. The number of piperidine rings is 1. The topological polar surface area (TPSA) is 46.8 Å². The lowest BCUT2D eigenvalue weighted by molar-refractivity contribution is -0.138. The number of hydrogen-bond acceptors (Lipinski definition) is 4. The maximum absolute atomic E-state index is 14.2. The Balaban J connectivity index is 1.42. The number of nitrogens with zero attached hydrogens (tertiary/aromatic N) is 5. The van der Waals surface area contributed by atoms with E-state index >= 15 is 0 Å². The van der Waals surface area contributed by atoms with Gasteiger partial charge in [0.2, 0.25) is 0 Å². The van der Waals surface area contributed by atoms with Gasteiger partial charge in [0.15, 0.2) is 5.65 Å². The standard InChI is InChI=1S/C19H19F4N5/c1-27-15-3-2-6-24-18(15)26-16(27)11-28-7-4-12(5-8-28)17-14(20)9-13(10-25-17)19(21,22)23/h2-3,6,9-10,12H,4-5,7-8,11H2,1H3. The normalized spacial score (nSPS) is 16.8. The van der Waals surface area contributed by atoms with Crippen LogP contribution in [0.5, 0.6) is 0 Å². The molecule has 0 spiro atoms. The van der Waals surface area contributed by atoms with Gasteiger partial charge < -0.3 is 4.57 Å². The molecule has 0 unspecified atom stereocenters. The highest BCUT2D eigenvalue weighted by Crippen LogP contribution is 2.33. The molecular formula is C19H19F4N5. The molecule has 148 valence electrons. The highest BCUT2D eigenvalue weighted by molar-refractivity contribution is 5.71. The molecule has 5 nitrogen and oxygen atoms in total. The number of hydrogen-bond donors (Lipinski definition) is 0. The number of fused-ring (bicyclic) bond motifs is 1. The Morgan fingerprint density at radius 2 is 1.93 bits per heavy atom. The van der Waals surface area contributed by atoms with Crippen LogP contribution >= 0.6 is 0 Å². The van der Waals surface area contributed by atoms with Crippen LogP contribution in [0.25, 0.3) is 11.2 Å². The van der Waals surface area contributed by atoms with Crippen molar-refractivity contribution in [2.24, 2.45) is 7.05 Å². The van der Waals surface area contributed by atoms with E-state index in [0.717, 1.165) is 17.5 Å². The summed E-state index contributed by atoms with van der Waals surface area (Å²) >= 11 is 0. The second-order valence-electron chi connectivity index (χ2n) is 7.07. The average Bonchev–Trinajstić information content (AvgIpc) is 2.98. The molecule has 0 aromatic carbocycles. The van der Waals surface area contributed by atoms with Gasteiger partial charge in [0, 0.05) is 25.4 Å². The van der Waals surface area contributed by atoms with Crippen LogP contribution in [0.3, 0.4) is 0 Å². The lowest BCUT2D eigenvalue weighted by Gasteiger charge is -2.31. The third kappa shape index (κ3) is 3.58. The Bertz CT molecular complexity index is 990. The zero-order chi connectivity index (χ0) is 19.9. The molecular weight excluding hydrogens is 374 g/mol. The van der Waals surface area contributed by atoms with Gasteiger partial charge in [0.1, 0.15) is 11.6 Å². The zero-order valence-electron chi connectivity index (χ0n) is 15.2. The molecule has 1 aliphatic rings. The van der Waals surface area contributed by atoms with Crippen molar-refractivity contribution >= 4 is 11.2 Å². The Labute approximate surface area is 159 Å². The molecule has 28 heavy (non-hydrogen) atoms. The summed E-state index contributed by atoms with van der Waals surface area (Å²) in [6.07, 6.45) is -0.890. The molecule has 0 aliphatic carbocycles. The molecule has 4 heterocycles. The van der Waals surface area contributed by atoms with E-state index in [1.54, 1.807) is 6.20 Å². The van der Waals surface area contributed by atoms with Crippen molar-refractivity contribution in [3.8, 4) is 0 Å². The maximum Gasteiger partial charge on any atom is 0.417 e. The van der Waals surface area contributed by atoms with Gasteiger partial charge in [-0.1, -0.05) is 0 Å². The number of alkyl halides is 3. The van der Waals surface area contributed by atoms with Crippen LogP contribution < -0.4 is 0 Å². The van der Waals surface area contributed by atoms with Crippen LogP contribution in [0.1, 0.15) is 35.8 Å². The predicted octanol–water partition coefficient (Wildman–Crippen LogP) is 3.90. The maximum atomic E-state index is 14.2. The van der Waals surface area contributed by atoms with Gasteiger partial charge in [-0.25, -0.2) is 14.4 Å². The summed E-state index contributed by atoms with van der Waals surface area (Å²) in [6, 6.07) is 4.37. The molecule has 9 heteroatoms. The first-order valence-electron chi connectivity index (χ1n) is 9.04. The summed E-state index contributed by atoms with van der Waals surface area (Å²) in [5, 5.41) is 0. The highest BCUT2D eigenvalue weighted by atomic mass is 19.4. The van der Waals surface area contributed by atoms with Gasteiger partial charge in [-0.15, -0.1) is 0 Å². The molecule has 0 N–H and O–H groups in total. The molecule has 0 atom stereocenters. The van der Waals surface area contributed by atoms with Crippen LogP contribution in [0.15, 0.2) is 30.6 Å². The van der Waals surface area contributed by atoms with E-state index < -0.39 is 17.6 Å². The summed E-state index contributed by atoms with van der Waals surface area (Å²) in [5.41, 5.74) is 0.732. The Morgan fingerprint density at radius 1 is 1.18 bits per heavy atom. The lowest BCUT2D eigenvalue weighted by Crippen LogP contribution is -2.33. The second kappa shape index (κ2) is 7.12. The first kappa shape index (κ1) is 18.8. The van der Waals surface area contributed by atoms with Crippen LogP contribution in [-0.4, -0.2) is 37.5 Å². The Hall–Kier alpha value is -2.55. The van der Waals surface area contributed by atoms with E-state index in [9.17, 15) is 17.6 Å². The fourth-order valence-corrected chi connectivity index (χ4v) is 3.68. The number of aromatic nitrogens is 4. The summed E-state index contributed by atoms with van der Waals surface area (Å²) in [4.78, 5) is 14.8. The van der Waals surface area contributed by atoms with E-state index in [1.165, 1.54) is 0 Å². The van der Waals surface area contributed by atoms with Gasteiger partial charge in [0.05, 0.1) is 23.3 Å². The number of aryl methyl sites for hydroxylation is 1. The zero-order valence-corrected chi connectivity index (χ0v) is 15.2. The van der Waals surface area contributed by atoms with E-state index in [4.69, 9.17) is 0 Å². The number of halogens is 4. The average molecular weight is 393 g/mol. The minimum Gasteiger partial charge on any atom is -0.329 e. The Morgan fingerprint density at radius 3 is 2.57 bits per heavy atom. The van der Waals surface area contributed by atoms with Crippen LogP contribution in [0.4, 0.5) is 17.6 Å². The summed E-state index contributed by atoms with van der Waals surface area (Å²) in [6.45, 7) is 2.04. The molecule has 1 fully saturated rings. The van der Waals surface area contributed by atoms with Crippen molar-refractivity contribution in [2.45, 2.75) is 31.5 Å². The quantitative estimate of drug-likeness (QED) is 0.634. The second-order valence-corrected chi connectivity index (χ2v) is 7.07. The van der Waals surface area contributed by atoms with Gasteiger partial charge >= 0.3 is 6.18 Å². The SMILES string of the molecule is Cn1c(CN2CCC(c3ncc(C(F)(F)F)cc3F)CC2)nc2ncccc21. The van der Waals surface area contributed by atoms with Gasteiger partial charge in [-0.05, 0) is 44.1 Å². The fraction of sp³-hybridized carbons (Fsp3) is 0.421. The van der Waals surface area contributed by atoms with E-state index in [1.807, 2.05) is 23.7 Å². The largest absolute Gasteiger partial charge is 0.417 e. The third-order valence-corrected chi connectivity index (χ3v) is 5.29. The molecule has 4 rings (SSSR count). The summed E-state index contributed by atoms with van der Waals surface area (Å²) in [7, 11) is 1.95. The molecule has 1 aliphatic heterocycles. The highest BCUT2D eigenvalue weighted by Gasteiger charge is 2.33. The number of rotatable bonds is 3. The van der Waals surface area contributed by atoms with Crippen LogP contribution in [0.2, 0.25) is 0 Å². The van der Waals surface area contributed by atoms with Gasteiger partial charge in [-0.3, -0.25) is 9.88 Å². The van der Waals surface area contributed by atoms with E-state index in [2.05, 4.69) is 19.9 Å². The van der Waals surface area contributed by atoms with Crippen molar-refractivity contribution in [3.05, 3.63) is 53.5 Å². The van der Waals surface area contributed by atoms with Gasteiger partial charge in [0.25, 0.3) is 0 Å². The monoisotopic (exact) mass is 393 g/mol. The van der Waals surface area contributed by atoms with E-state index in [0.29, 0.717) is 44.2 Å². The molecule has 1 saturated heterocycles. The lowest BCUT2D eigenvalue weighted by atomic mass is 9.92. The number of likely N-dealkylation sites (tertiary alicyclic amines) is 1. The van der Waals surface area contributed by atoms with Crippen LogP contribution in [-0.2, 0) is 19.8 Å².